The maximum absolute atomic E-state index is 11.7. The Kier molecular flexibility index (Phi) is 4.36. The molecule has 2 aromatic rings. The first-order valence-corrected chi connectivity index (χ1v) is 6.23. The molecule has 2 N–H and O–H groups in total. The van der Waals surface area contributed by atoms with E-state index in [1.807, 2.05) is 31.2 Å². The highest BCUT2D eigenvalue weighted by atomic mass is 35.5. The van der Waals surface area contributed by atoms with Crippen molar-refractivity contribution in [3.8, 4) is 0 Å². The molecule has 0 fully saturated rings. The number of anilines is 1. The molecule has 0 aliphatic heterocycles. The number of pyridine rings is 1. The molecule has 2 rings (SSSR count). The number of aromatic nitrogens is 1. The number of nitrogens with one attached hydrogen (secondary N) is 2. The number of rotatable bonds is 3. The van der Waals surface area contributed by atoms with Gasteiger partial charge in [0.25, 0.3) is 0 Å². The highest BCUT2D eigenvalue weighted by Gasteiger charge is 2.03. The van der Waals surface area contributed by atoms with Crippen LogP contribution >= 0.6 is 11.6 Å². The second-order valence-electron chi connectivity index (χ2n) is 4.13. The molecular formula is C14H14ClN3O. The van der Waals surface area contributed by atoms with Crippen LogP contribution in [0, 0.1) is 6.92 Å². The smallest absolute Gasteiger partial charge is 0.319 e. The van der Waals surface area contributed by atoms with E-state index in [2.05, 4.69) is 15.6 Å². The molecule has 1 heterocycles. The third-order valence-electron chi connectivity index (χ3n) is 2.61. The number of urea groups is 1. The Morgan fingerprint density at radius 1 is 1.37 bits per heavy atom. The second-order valence-corrected chi connectivity index (χ2v) is 4.54. The largest absolute Gasteiger partial charge is 0.334 e. The average molecular weight is 276 g/mol. The normalized spacial score (nSPS) is 10.0. The van der Waals surface area contributed by atoms with Gasteiger partial charge in [-0.2, -0.15) is 0 Å². The molecule has 98 valence electrons. The van der Waals surface area contributed by atoms with Crippen LogP contribution in [-0.2, 0) is 6.54 Å². The third kappa shape index (κ3) is 3.96. The van der Waals surface area contributed by atoms with Gasteiger partial charge >= 0.3 is 6.03 Å². The summed E-state index contributed by atoms with van der Waals surface area (Å²) in [6.45, 7) is 2.34. The summed E-state index contributed by atoms with van der Waals surface area (Å²) in [6.07, 6.45) is 3.40. The van der Waals surface area contributed by atoms with Gasteiger partial charge in [-0.3, -0.25) is 4.98 Å². The highest BCUT2D eigenvalue weighted by Crippen LogP contribution is 2.19. The zero-order valence-electron chi connectivity index (χ0n) is 10.5. The van der Waals surface area contributed by atoms with Crippen molar-refractivity contribution in [3.63, 3.8) is 0 Å². The van der Waals surface area contributed by atoms with E-state index in [0.717, 1.165) is 11.1 Å². The summed E-state index contributed by atoms with van der Waals surface area (Å²) >= 11 is 5.99. The monoisotopic (exact) mass is 275 g/mol. The highest BCUT2D eigenvalue weighted by molar-refractivity contribution is 6.31. The third-order valence-corrected chi connectivity index (χ3v) is 3.01. The van der Waals surface area contributed by atoms with Crippen LogP contribution < -0.4 is 10.6 Å². The van der Waals surface area contributed by atoms with E-state index in [4.69, 9.17) is 11.6 Å². The minimum absolute atomic E-state index is 0.274. The lowest BCUT2D eigenvalue weighted by Gasteiger charge is -2.08. The van der Waals surface area contributed by atoms with Gasteiger partial charge in [0.05, 0.1) is 0 Å². The van der Waals surface area contributed by atoms with Crippen molar-refractivity contribution in [2.75, 3.05) is 5.32 Å². The lowest BCUT2D eigenvalue weighted by Crippen LogP contribution is -2.28. The number of benzene rings is 1. The van der Waals surface area contributed by atoms with Crippen molar-refractivity contribution in [2.45, 2.75) is 13.5 Å². The van der Waals surface area contributed by atoms with Crippen molar-refractivity contribution >= 4 is 23.3 Å². The first-order valence-electron chi connectivity index (χ1n) is 5.85. The maximum Gasteiger partial charge on any atom is 0.319 e. The summed E-state index contributed by atoms with van der Waals surface area (Å²) in [6, 6.07) is 8.85. The molecule has 0 saturated carbocycles. The Balaban J connectivity index is 1.89. The summed E-state index contributed by atoms with van der Waals surface area (Å²) in [4.78, 5) is 15.7. The fourth-order valence-corrected chi connectivity index (χ4v) is 1.71. The molecule has 0 saturated heterocycles. The van der Waals surface area contributed by atoms with Crippen LogP contribution in [0.2, 0.25) is 5.02 Å². The molecule has 0 unspecified atom stereocenters. The number of carbonyl (C=O) groups is 1. The lowest BCUT2D eigenvalue weighted by molar-refractivity contribution is 0.251. The number of hydrogen-bond acceptors (Lipinski definition) is 2. The number of nitrogens with zero attached hydrogens (tertiary/aromatic N) is 1. The topological polar surface area (TPSA) is 54.0 Å². The van der Waals surface area contributed by atoms with Gasteiger partial charge in [-0.25, -0.2) is 4.79 Å². The Hall–Kier alpha value is -2.07. The lowest BCUT2D eigenvalue weighted by atomic mass is 10.2. The van der Waals surface area contributed by atoms with Crippen LogP contribution in [0.5, 0.6) is 0 Å². The van der Waals surface area contributed by atoms with Gasteiger partial charge in [0.15, 0.2) is 0 Å². The molecule has 0 spiro atoms. The van der Waals surface area contributed by atoms with Crippen molar-refractivity contribution in [3.05, 3.63) is 58.9 Å². The van der Waals surface area contributed by atoms with Crippen LogP contribution in [-0.4, -0.2) is 11.0 Å². The van der Waals surface area contributed by atoms with Crippen LogP contribution in [0.4, 0.5) is 10.5 Å². The van der Waals surface area contributed by atoms with Crippen molar-refractivity contribution in [1.82, 2.24) is 10.3 Å². The molecule has 1 aromatic heterocycles. The van der Waals surface area contributed by atoms with Crippen molar-refractivity contribution in [2.24, 2.45) is 0 Å². The summed E-state index contributed by atoms with van der Waals surface area (Å²) in [5.74, 6) is 0. The molecule has 4 nitrogen and oxygen atoms in total. The molecule has 1 aromatic carbocycles. The summed E-state index contributed by atoms with van der Waals surface area (Å²) in [5, 5.41) is 6.10. The average Bonchev–Trinajstić information content (AvgIpc) is 2.42. The van der Waals surface area contributed by atoms with Crippen LogP contribution in [0.15, 0.2) is 42.7 Å². The Morgan fingerprint density at radius 3 is 2.89 bits per heavy atom. The zero-order valence-corrected chi connectivity index (χ0v) is 11.2. The van der Waals surface area contributed by atoms with Gasteiger partial charge in [-0.1, -0.05) is 23.7 Å². The first kappa shape index (κ1) is 13.4. The summed E-state index contributed by atoms with van der Waals surface area (Å²) < 4.78 is 0. The summed E-state index contributed by atoms with van der Waals surface area (Å²) in [7, 11) is 0. The van der Waals surface area contributed by atoms with E-state index in [1.54, 1.807) is 18.5 Å². The van der Waals surface area contributed by atoms with Gasteiger partial charge in [0.2, 0.25) is 0 Å². The molecule has 0 aliphatic rings. The van der Waals surface area contributed by atoms with Gasteiger partial charge in [-0.05, 0) is 36.2 Å². The Labute approximate surface area is 116 Å². The number of carbonyl (C=O) groups excluding carboxylic acids is 1. The molecular weight excluding hydrogens is 262 g/mol. The molecule has 19 heavy (non-hydrogen) atoms. The number of aryl methyl sites for hydroxylation is 1. The molecule has 0 radical (unpaired) electrons. The van der Waals surface area contributed by atoms with E-state index >= 15 is 0 Å². The van der Waals surface area contributed by atoms with E-state index in [1.165, 1.54) is 0 Å². The van der Waals surface area contributed by atoms with E-state index < -0.39 is 0 Å². The van der Waals surface area contributed by atoms with Gasteiger partial charge in [-0.15, -0.1) is 0 Å². The Morgan fingerprint density at radius 2 is 2.21 bits per heavy atom. The minimum atomic E-state index is -0.274. The number of halogens is 1. The van der Waals surface area contributed by atoms with Crippen LogP contribution in [0.3, 0.4) is 0 Å². The van der Waals surface area contributed by atoms with Crippen LogP contribution in [0.1, 0.15) is 11.1 Å². The number of hydrogen-bond donors (Lipinski definition) is 2. The predicted molar refractivity (Wildman–Crippen MR) is 76.3 cm³/mol. The molecule has 0 atom stereocenters. The van der Waals surface area contributed by atoms with Gasteiger partial charge in [0, 0.05) is 29.6 Å². The number of amides is 2. The maximum atomic E-state index is 11.7. The molecule has 2 amide bonds. The fraction of sp³-hybridized carbons (Fsp3) is 0.143. The minimum Gasteiger partial charge on any atom is -0.334 e. The quantitative estimate of drug-likeness (QED) is 0.902. The molecule has 5 heteroatoms. The Bertz CT molecular complexity index is 572. The SMILES string of the molecule is Cc1ccc(NC(=O)NCc2cccnc2)cc1Cl. The standard InChI is InChI=1S/C14H14ClN3O/c1-10-4-5-12(7-13(10)15)18-14(19)17-9-11-3-2-6-16-8-11/h2-8H,9H2,1H3,(H2,17,18,19). The van der Waals surface area contributed by atoms with Crippen molar-refractivity contribution in [1.29, 1.82) is 0 Å². The zero-order chi connectivity index (χ0) is 13.7. The predicted octanol–water partition coefficient (Wildman–Crippen LogP) is 3.37. The molecule has 0 aliphatic carbocycles. The van der Waals surface area contributed by atoms with Crippen molar-refractivity contribution < 1.29 is 4.79 Å². The molecule has 0 bridgehead atoms. The fourth-order valence-electron chi connectivity index (χ4n) is 1.53. The van der Waals surface area contributed by atoms with E-state index in [-0.39, 0.29) is 6.03 Å². The van der Waals surface area contributed by atoms with Gasteiger partial charge in [0.1, 0.15) is 0 Å². The second kappa shape index (κ2) is 6.20. The summed E-state index contributed by atoms with van der Waals surface area (Å²) in [5.41, 5.74) is 2.59. The van der Waals surface area contributed by atoms with E-state index in [9.17, 15) is 4.79 Å². The first-order chi connectivity index (χ1) is 9.15. The van der Waals surface area contributed by atoms with Crippen LogP contribution in [0.25, 0.3) is 0 Å². The van der Waals surface area contributed by atoms with Gasteiger partial charge < -0.3 is 10.6 Å². The van der Waals surface area contributed by atoms with E-state index in [0.29, 0.717) is 17.3 Å².